The summed E-state index contributed by atoms with van der Waals surface area (Å²) in [4.78, 5) is 64.5. The van der Waals surface area contributed by atoms with Crippen LogP contribution in [0.25, 0.3) is 11.1 Å². The number of nitrogens with one attached hydrogen (secondary N) is 2. The topological polar surface area (TPSA) is 156 Å². The maximum Gasteiger partial charge on any atom is 0.254 e. The van der Waals surface area contributed by atoms with Gasteiger partial charge in [-0.1, -0.05) is 51.1 Å². The summed E-state index contributed by atoms with van der Waals surface area (Å²) >= 11 is 0. The highest BCUT2D eigenvalue weighted by Gasteiger charge is 2.37. The van der Waals surface area contributed by atoms with Crippen molar-refractivity contribution in [3.05, 3.63) is 95.8 Å². The van der Waals surface area contributed by atoms with E-state index in [0.29, 0.717) is 17.8 Å². The highest BCUT2D eigenvalue weighted by molar-refractivity contribution is 6.14. The molecule has 4 N–H and O–H groups in total. The van der Waals surface area contributed by atoms with Crippen LogP contribution in [0, 0.1) is 17.0 Å². The SMILES string of the molecule is COCC(=O)N(CCC(N)C(=O)NCCNC(=O)CN1C(=O)C=CC1=O)C(c1cc(-c2cc(F)ccc2F)cn1Cc1ccccc1)C(C)(C)C. The quantitative estimate of drug-likeness (QED) is 0.153. The second-order valence-corrected chi connectivity index (χ2v) is 13.3. The molecule has 1 aromatic heterocycles. The largest absolute Gasteiger partial charge is 0.375 e. The number of nitrogens with two attached hydrogens (primary N) is 1. The van der Waals surface area contributed by atoms with Crippen molar-refractivity contribution in [3.8, 4) is 11.1 Å². The van der Waals surface area contributed by atoms with Crippen LogP contribution >= 0.6 is 0 Å². The first-order valence-corrected chi connectivity index (χ1v) is 16.5. The lowest BCUT2D eigenvalue weighted by Gasteiger charge is -2.41. The van der Waals surface area contributed by atoms with Gasteiger partial charge in [-0.3, -0.25) is 28.9 Å². The fraction of sp³-hybridized carbons (Fsp3) is 0.378. The van der Waals surface area contributed by atoms with Crippen LogP contribution < -0.4 is 16.4 Å². The van der Waals surface area contributed by atoms with Crippen LogP contribution in [0.3, 0.4) is 0 Å². The summed E-state index contributed by atoms with van der Waals surface area (Å²) in [6, 6.07) is 13.0. The molecule has 5 amide bonds. The molecule has 0 spiro atoms. The van der Waals surface area contributed by atoms with Gasteiger partial charge in [0.2, 0.25) is 17.7 Å². The number of ether oxygens (including phenoxy) is 1. The number of hydrogen-bond acceptors (Lipinski definition) is 7. The second kappa shape index (κ2) is 17.1. The van der Waals surface area contributed by atoms with E-state index in [9.17, 15) is 28.4 Å². The highest BCUT2D eigenvalue weighted by atomic mass is 19.1. The Labute approximate surface area is 295 Å². The minimum absolute atomic E-state index is 0.0259. The molecule has 51 heavy (non-hydrogen) atoms. The molecule has 0 aliphatic carbocycles. The summed E-state index contributed by atoms with van der Waals surface area (Å²) in [5.41, 5.74) is 7.80. The van der Waals surface area contributed by atoms with Gasteiger partial charge in [0.1, 0.15) is 24.8 Å². The van der Waals surface area contributed by atoms with E-state index >= 15 is 4.39 Å². The molecule has 0 saturated carbocycles. The van der Waals surface area contributed by atoms with Crippen molar-refractivity contribution < 1.29 is 37.5 Å². The molecule has 4 rings (SSSR count). The molecule has 3 aromatic rings. The van der Waals surface area contributed by atoms with E-state index in [1.54, 1.807) is 17.2 Å². The van der Waals surface area contributed by atoms with Crippen LogP contribution in [0.4, 0.5) is 8.78 Å². The molecule has 2 atom stereocenters. The van der Waals surface area contributed by atoms with Gasteiger partial charge in [-0.15, -0.1) is 0 Å². The third-order valence-corrected chi connectivity index (χ3v) is 8.33. The van der Waals surface area contributed by atoms with E-state index in [4.69, 9.17) is 10.5 Å². The number of benzene rings is 2. The summed E-state index contributed by atoms with van der Waals surface area (Å²) in [5, 5.41) is 5.18. The number of nitrogens with zero attached hydrogens (tertiary/aromatic N) is 3. The molecule has 0 saturated heterocycles. The average molecular weight is 707 g/mol. The molecule has 1 aliphatic rings. The number of imide groups is 1. The van der Waals surface area contributed by atoms with Gasteiger partial charge < -0.3 is 30.6 Å². The maximum absolute atomic E-state index is 15.0. The number of carbonyl (C=O) groups excluding carboxylic acids is 5. The van der Waals surface area contributed by atoms with Crippen molar-refractivity contribution >= 4 is 29.5 Å². The highest BCUT2D eigenvalue weighted by Crippen LogP contribution is 2.41. The van der Waals surface area contributed by atoms with Crippen LogP contribution in [0.1, 0.15) is 44.5 Å². The van der Waals surface area contributed by atoms with Crippen molar-refractivity contribution in [2.75, 3.05) is 39.9 Å². The third-order valence-electron chi connectivity index (χ3n) is 8.33. The van der Waals surface area contributed by atoms with Gasteiger partial charge in [-0.25, -0.2) is 8.78 Å². The van der Waals surface area contributed by atoms with E-state index in [0.717, 1.165) is 40.8 Å². The zero-order valence-corrected chi connectivity index (χ0v) is 29.2. The number of carbonyl (C=O) groups is 5. The molecule has 2 heterocycles. The Morgan fingerprint density at radius 3 is 2.27 bits per heavy atom. The van der Waals surface area contributed by atoms with Crippen LogP contribution in [-0.4, -0.2) is 89.8 Å². The zero-order valence-electron chi connectivity index (χ0n) is 29.2. The third kappa shape index (κ3) is 10.2. The van der Waals surface area contributed by atoms with Crippen molar-refractivity contribution in [2.45, 2.75) is 45.8 Å². The smallest absolute Gasteiger partial charge is 0.254 e. The Morgan fingerprint density at radius 2 is 1.63 bits per heavy atom. The Hall–Kier alpha value is -5.21. The molecular weight excluding hydrogens is 662 g/mol. The van der Waals surface area contributed by atoms with Gasteiger partial charge in [-0.05, 0) is 41.7 Å². The Balaban J connectivity index is 1.52. The molecule has 12 nitrogen and oxygen atoms in total. The fourth-order valence-electron chi connectivity index (χ4n) is 5.93. The number of aromatic nitrogens is 1. The summed E-state index contributed by atoms with van der Waals surface area (Å²) in [7, 11) is 1.40. The first kappa shape index (κ1) is 38.6. The summed E-state index contributed by atoms with van der Waals surface area (Å²) < 4.78 is 36.5. The van der Waals surface area contributed by atoms with E-state index in [1.165, 1.54) is 7.11 Å². The number of amides is 5. The lowest BCUT2D eigenvalue weighted by molar-refractivity contribution is -0.141. The normalized spacial score (nSPS) is 14.1. The molecule has 14 heteroatoms. The predicted octanol–water partition coefficient (Wildman–Crippen LogP) is 2.92. The molecule has 1 aliphatic heterocycles. The molecule has 2 aromatic carbocycles. The number of halogens is 2. The lowest BCUT2D eigenvalue weighted by Crippen LogP contribution is -2.48. The second-order valence-electron chi connectivity index (χ2n) is 13.3. The van der Waals surface area contributed by atoms with Gasteiger partial charge in [0, 0.05) is 68.5 Å². The fourth-order valence-corrected chi connectivity index (χ4v) is 5.93. The molecule has 0 radical (unpaired) electrons. The van der Waals surface area contributed by atoms with Gasteiger partial charge in [0.15, 0.2) is 0 Å². The monoisotopic (exact) mass is 706 g/mol. The van der Waals surface area contributed by atoms with Crippen LogP contribution in [-0.2, 0) is 35.3 Å². The van der Waals surface area contributed by atoms with Crippen LogP contribution in [0.5, 0.6) is 0 Å². The van der Waals surface area contributed by atoms with Gasteiger partial charge in [0.05, 0.1) is 12.1 Å². The first-order valence-electron chi connectivity index (χ1n) is 16.5. The summed E-state index contributed by atoms with van der Waals surface area (Å²) in [6.45, 7) is 5.68. The predicted molar refractivity (Wildman–Crippen MR) is 186 cm³/mol. The minimum atomic E-state index is -1.03. The zero-order chi connectivity index (χ0) is 37.3. The van der Waals surface area contributed by atoms with Gasteiger partial charge >= 0.3 is 0 Å². The van der Waals surface area contributed by atoms with Crippen molar-refractivity contribution in [1.29, 1.82) is 0 Å². The lowest BCUT2D eigenvalue weighted by atomic mass is 9.82. The number of methoxy groups -OCH3 is 1. The Bertz CT molecular complexity index is 1750. The van der Waals surface area contributed by atoms with E-state index in [2.05, 4.69) is 10.6 Å². The van der Waals surface area contributed by atoms with Crippen molar-refractivity contribution in [1.82, 2.24) is 25.0 Å². The first-order chi connectivity index (χ1) is 24.2. The van der Waals surface area contributed by atoms with E-state index in [-0.39, 0.29) is 44.1 Å². The standard InChI is InChI=1S/C37H44F2N6O6/c1-37(2,3)35(30-18-25(27-19-26(38)10-11-28(27)39)21-43(30)20-24-8-6-5-7-9-24)44(34(49)23-51-4)17-14-29(40)36(50)42-16-15-41-31(46)22-45-32(47)12-13-33(45)48/h5-13,18-19,21,29,35H,14-17,20,22-23,40H2,1-4H3,(H,41,46)(H,42,50). The molecule has 272 valence electrons. The van der Waals surface area contributed by atoms with Crippen LogP contribution in [0.2, 0.25) is 0 Å². The van der Waals surface area contributed by atoms with Crippen molar-refractivity contribution in [2.24, 2.45) is 11.1 Å². The molecular formula is C37H44F2N6O6. The summed E-state index contributed by atoms with van der Waals surface area (Å²) in [6.07, 6.45) is 3.97. The van der Waals surface area contributed by atoms with E-state index in [1.807, 2.05) is 55.7 Å². The molecule has 0 bridgehead atoms. The minimum Gasteiger partial charge on any atom is -0.375 e. The molecule has 0 fully saturated rings. The Kier molecular flexibility index (Phi) is 13.0. The average Bonchev–Trinajstić information content (AvgIpc) is 3.63. The van der Waals surface area contributed by atoms with Crippen molar-refractivity contribution in [3.63, 3.8) is 0 Å². The maximum atomic E-state index is 15.0. The number of hydrogen-bond donors (Lipinski definition) is 3. The van der Waals surface area contributed by atoms with Gasteiger partial charge in [-0.2, -0.15) is 0 Å². The Morgan fingerprint density at radius 1 is 0.961 bits per heavy atom. The van der Waals surface area contributed by atoms with E-state index < -0.39 is 59.3 Å². The summed E-state index contributed by atoms with van der Waals surface area (Å²) in [5.74, 6) is -3.77. The number of rotatable bonds is 16. The van der Waals surface area contributed by atoms with Crippen LogP contribution in [0.15, 0.2) is 72.9 Å². The molecule has 2 unspecified atom stereocenters. The van der Waals surface area contributed by atoms with Gasteiger partial charge in [0.25, 0.3) is 11.8 Å².